The Balaban J connectivity index is 2.29. The molecule has 0 amide bonds. The first kappa shape index (κ1) is 5.14. The van der Waals surface area contributed by atoms with Crippen molar-refractivity contribution in [3.8, 4) is 0 Å². The van der Waals surface area contributed by atoms with Crippen LogP contribution in [0.4, 0.5) is 0 Å². The highest BCUT2D eigenvalue weighted by molar-refractivity contribution is 4.87. The van der Waals surface area contributed by atoms with Gasteiger partial charge in [0.15, 0.2) is 0 Å². The molecule has 1 saturated carbocycles. The summed E-state index contributed by atoms with van der Waals surface area (Å²) in [7, 11) is 0. The van der Waals surface area contributed by atoms with Crippen LogP contribution in [0.25, 0.3) is 0 Å². The summed E-state index contributed by atoms with van der Waals surface area (Å²) < 4.78 is 0. The molecule has 0 aliphatic heterocycles. The first-order chi connectivity index (χ1) is 3.27. The van der Waals surface area contributed by atoms with Gasteiger partial charge in [0.1, 0.15) is 0 Å². The van der Waals surface area contributed by atoms with Crippen LogP contribution in [-0.4, -0.2) is 0 Å². The minimum absolute atomic E-state index is 0.514. The smallest absolute Gasteiger partial charge is 0.0300 e. The minimum Gasteiger partial charge on any atom is -0.0649 e. The largest absolute Gasteiger partial charge is 0.0649 e. The fraction of sp³-hybridized carbons (Fsp3) is 0.857. The Bertz CT molecular complexity index is 54.9. The molecule has 0 aromatic rings. The molecule has 0 heteroatoms. The van der Waals surface area contributed by atoms with Crippen molar-refractivity contribution in [2.45, 2.75) is 32.6 Å². The molecule has 0 aromatic carbocycles. The fourth-order valence-electron chi connectivity index (χ4n) is 1.03. The highest BCUT2D eigenvalue weighted by atomic mass is 14.3. The van der Waals surface area contributed by atoms with E-state index < -0.39 is 0 Å². The Labute approximate surface area is 45.9 Å². The van der Waals surface area contributed by atoms with Crippen molar-refractivity contribution >= 4 is 0 Å². The predicted octanol–water partition coefficient (Wildman–Crippen LogP) is 2.40. The van der Waals surface area contributed by atoms with E-state index in [1.54, 1.807) is 0 Å². The van der Waals surface area contributed by atoms with Crippen LogP contribution in [0, 0.1) is 12.3 Å². The van der Waals surface area contributed by atoms with Gasteiger partial charge in [-0.15, -0.1) is 0 Å². The molecule has 0 aromatic heterocycles. The van der Waals surface area contributed by atoms with E-state index in [-0.39, 0.29) is 0 Å². The van der Waals surface area contributed by atoms with Crippen molar-refractivity contribution < 1.29 is 0 Å². The first-order valence-corrected chi connectivity index (χ1v) is 3.12. The second-order valence-electron chi connectivity index (χ2n) is 2.71. The van der Waals surface area contributed by atoms with E-state index in [1.165, 1.54) is 25.7 Å². The van der Waals surface area contributed by atoms with Crippen molar-refractivity contribution in [3.05, 3.63) is 6.92 Å². The van der Waals surface area contributed by atoms with Crippen LogP contribution in [0.5, 0.6) is 0 Å². The van der Waals surface area contributed by atoms with Crippen molar-refractivity contribution in [3.63, 3.8) is 0 Å². The molecule has 0 N–H and O–H groups in total. The molecule has 1 aliphatic rings. The lowest BCUT2D eigenvalue weighted by atomic mass is 9.69. The molecule has 41 valence electrons. The summed E-state index contributed by atoms with van der Waals surface area (Å²) in [5.41, 5.74) is 0.514. The van der Waals surface area contributed by atoms with Gasteiger partial charge in [0.05, 0.1) is 0 Å². The zero-order valence-corrected chi connectivity index (χ0v) is 5.04. The van der Waals surface area contributed by atoms with Crippen LogP contribution in [0.15, 0.2) is 0 Å². The van der Waals surface area contributed by atoms with Crippen LogP contribution in [-0.2, 0) is 0 Å². The zero-order chi connectivity index (χ0) is 5.33. The summed E-state index contributed by atoms with van der Waals surface area (Å²) in [5, 5.41) is 0. The molecule has 1 rings (SSSR count). The molecule has 1 radical (unpaired) electrons. The van der Waals surface area contributed by atoms with E-state index in [0.717, 1.165) is 0 Å². The Kier molecular flexibility index (Phi) is 1.10. The first-order valence-electron chi connectivity index (χ1n) is 3.12. The van der Waals surface area contributed by atoms with Crippen LogP contribution < -0.4 is 0 Å². The zero-order valence-electron chi connectivity index (χ0n) is 5.04. The van der Waals surface area contributed by atoms with Gasteiger partial charge in [-0.3, -0.25) is 0 Å². The number of hydrogen-bond acceptors (Lipinski definition) is 0. The number of rotatable bonds is 1. The van der Waals surface area contributed by atoms with Gasteiger partial charge >= 0.3 is 0 Å². The molecule has 7 heavy (non-hydrogen) atoms. The second kappa shape index (κ2) is 1.50. The van der Waals surface area contributed by atoms with Gasteiger partial charge in [0.2, 0.25) is 0 Å². The standard InChI is InChI=1S/C7H13/c1-3-7(2)5-4-6-7/h2-6H2,1H3. The van der Waals surface area contributed by atoms with E-state index in [2.05, 4.69) is 13.8 Å². The Hall–Kier alpha value is 0. The van der Waals surface area contributed by atoms with Gasteiger partial charge in [0.25, 0.3) is 0 Å². The highest BCUT2D eigenvalue weighted by Gasteiger charge is 2.28. The third-order valence-corrected chi connectivity index (χ3v) is 2.16. The molecule has 0 heterocycles. The summed E-state index contributed by atoms with van der Waals surface area (Å²) in [5.74, 6) is 0. The Morgan fingerprint density at radius 3 is 2.14 bits per heavy atom. The van der Waals surface area contributed by atoms with Crippen molar-refractivity contribution in [2.75, 3.05) is 0 Å². The van der Waals surface area contributed by atoms with Crippen molar-refractivity contribution in [2.24, 2.45) is 5.41 Å². The molecule has 0 spiro atoms. The molecular formula is C7H13. The van der Waals surface area contributed by atoms with E-state index >= 15 is 0 Å². The van der Waals surface area contributed by atoms with Crippen molar-refractivity contribution in [1.82, 2.24) is 0 Å². The molecule has 0 nitrogen and oxygen atoms in total. The van der Waals surface area contributed by atoms with Crippen LogP contribution in [0.1, 0.15) is 32.6 Å². The van der Waals surface area contributed by atoms with Gasteiger partial charge < -0.3 is 0 Å². The monoisotopic (exact) mass is 97.1 g/mol. The van der Waals surface area contributed by atoms with Crippen LogP contribution in [0.2, 0.25) is 0 Å². The summed E-state index contributed by atoms with van der Waals surface area (Å²) >= 11 is 0. The predicted molar refractivity (Wildman–Crippen MR) is 31.9 cm³/mol. The lowest BCUT2D eigenvalue weighted by Crippen LogP contribution is -2.24. The summed E-state index contributed by atoms with van der Waals surface area (Å²) in [4.78, 5) is 0. The third kappa shape index (κ3) is 0.793. The average molecular weight is 97.2 g/mol. The van der Waals surface area contributed by atoms with Crippen LogP contribution >= 0.6 is 0 Å². The topological polar surface area (TPSA) is 0 Å². The SMILES string of the molecule is [CH2]C1(CC)CCC1. The van der Waals surface area contributed by atoms with Gasteiger partial charge in [-0.1, -0.05) is 19.8 Å². The van der Waals surface area contributed by atoms with E-state index in [0.29, 0.717) is 5.41 Å². The van der Waals surface area contributed by atoms with Crippen molar-refractivity contribution in [1.29, 1.82) is 0 Å². The molecule has 1 fully saturated rings. The lowest BCUT2D eigenvalue weighted by molar-refractivity contribution is 0.192. The molecule has 0 bridgehead atoms. The maximum atomic E-state index is 4.09. The van der Waals surface area contributed by atoms with Gasteiger partial charge in [-0.05, 0) is 25.2 Å². The third-order valence-electron chi connectivity index (χ3n) is 2.16. The van der Waals surface area contributed by atoms with E-state index in [1.807, 2.05) is 0 Å². The maximum absolute atomic E-state index is 4.09. The van der Waals surface area contributed by atoms with Crippen LogP contribution in [0.3, 0.4) is 0 Å². The average Bonchev–Trinajstić information content (AvgIpc) is 1.61. The number of hydrogen-bond donors (Lipinski definition) is 0. The summed E-state index contributed by atoms with van der Waals surface area (Å²) in [6.45, 7) is 6.32. The van der Waals surface area contributed by atoms with E-state index in [4.69, 9.17) is 0 Å². The quantitative estimate of drug-likeness (QED) is 0.471. The Morgan fingerprint density at radius 1 is 1.57 bits per heavy atom. The highest BCUT2D eigenvalue weighted by Crippen LogP contribution is 2.42. The Morgan fingerprint density at radius 2 is 2.14 bits per heavy atom. The minimum atomic E-state index is 0.514. The van der Waals surface area contributed by atoms with E-state index in [9.17, 15) is 0 Å². The maximum Gasteiger partial charge on any atom is -0.0300 e. The van der Waals surface area contributed by atoms with Gasteiger partial charge in [-0.2, -0.15) is 0 Å². The molecule has 1 aliphatic carbocycles. The van der Waals surface area contributed by atoms with Gasteiger partial charge in [-0.25, -0.2) is 0 Å². The fourth-order valence-corrected chi connectivity index (χ4v) is 1.03. The second-order valence-corrected chi connectivity index (χ2v) is 2.71. The molecular weight excluding hydrogens is 84.1 g/mol. The molecule has 0 atom stereocenters. The summed E-state index contributed by atoms with van der Waals surface area (Å²) in [6.07, 6.45) is 5.41. The lowest BCUT2D eigenvalue weighted by Gasteiger charge is -2.37. The summed E-state index contributed by atoms with van der Waals surface area (Å²) in [6, 6.07) is 0. The normalized spacial score (nSPS) is 26.6. The molecule has 0 saturated heterocycles. The molecule has 0 unspecified atom stereocenters. The van der Waals surface area contributed by atoms with Gasteiger partial charge in [0, 0.05) is 0 Å².